The molecule has 1 rings (SSSR count). The first-order chi connectivity index (χ1) is 6.30. The fraction of sp³-hybridized carbons (Fsp3) is 0.250. The van der Waals surface area contributed by atoms with E-state index in [9.17, 15) is 13.6 Å². The highest BCUT2D eigenvalue weighted by Gasteiger charge is 2.27. The zero-order valence-corrected chi connectivity index (χ0v) is 7.85. The number of halogens is 3. The first-order valence-electron chi connectivity index (χ1n) is 3.60. The standard InChI is InChI=1S/C8H6ClF2NO2/c1-8(10,11)5-2-4(7(13)14)3-6(9)12-5/h2-3H,1H3,(H,13,14). The number of aromatic nitrogens is 1. The lowest BCUT2D eigenvalue weighted by molar-refractivity contribution is 0.0127. The molecule has 1 aromatic heterocycles. The highest BCUT2D eigenvalue weighted by molar-refractivity contribution is 6.29. The summed E-state index contributed by atoms with van der Waals surface area (Å²) in [5.41, 5.74) is -0.955. The van der Waals surface area contributed by atoms with E-state index in [4.69, 9.17) is 16.7 Å². The second kappa shape index (κ2) is 3.49. The van der Waals surface area contributed by atoms with E-state index in [1.807, 2.05) is 0 Å². The normalized spacial score (nSPS) is 11.4. The lowest BCUT2D eigenvalue weighted by Gasteiger charge is -2.10. The van der Waals surface area contributed by atoms with Gasteiger partial charge in [0.1, 0.15) is 10.8 Å². The zero-order valence-electron chi connectivity index (χ0n) is 7.09. The van der Waals surface area contributed by atoms with Crippen LogP contribution in [0.5, 0.6) is 0 Å². The number of carboxylic acids is 1. The molecule has 0 aliphatic carbocycles. The van der Waals surface area contributed by atoms with Crippen molar-refractivity contribution in [2.75, 3.05) is 0 Å². The number of hydrogen-bond acceptors (Lipinski definition) is 2. The van der Waals surface area contributed by atoms with Crippen LogP contribution in [0.2, 0.25) is 5.15 Å². The summed E-state index contributed by atoms with van der Waals surface area (Å²) in [4.78, 5) is 13.8. The smallest absolute Gasteiger partial charge is 0.335 e. The van der Waals surface area contributed by atoms with Crippen LogP contribution >= 0.6 is 11.6 Å². The Kier molecular flexibility index (Phi) is 2.71. The Hall–Kier alpha value is -1.23. The molecule has 0 saturated carbocycles. The lowest BCUT2D eigenvalue weighted by Crippen LogP contribution is -2.11. The number of nitrogens with zero attached hydrogens (tertiary/aromatic N) is 1. The van der Waals surface area contributed by atoms with Crippen LogP contribution in [0.15, 0.2) is 12.1 Å². The summed E-state index contributed by atoms with van der Waals surface area (Å²) in [7, 11) is 0. The minimum atomic E-state index is -3.20. The van der Waals surface area contributed by atoms with Gasteiger partial charge in [0.25, 0.3) is 5.92 Å². The van der Waals surface area contributed by atoms with Crippen LogP contribution < -0.4 is 0 Å². The molecular weight excluding hydrogens is 216 g/mol. The maximum Gasteiger partial charge on any atom is 0.335 e. The van der Waals surface area contributed by atoms with E-state index >= 15 is 0 Å². The minimum absolute atomic E-state index is 0.263. The summed E-state index contributed by atoms with van der Waals surface area (Å²) in [6.45, 7) is 0.622. The van der Waals surface area contributed by atoms with Crippen molar-refractivity contribution in [2.24, 2.45) is 0 Å². The molecule has 3 nitrogen and oxygen atoms in total. The monoisotopic (exact) mass is 221 g/mol. The first-order valence-corrected chi connectivity index (χ1v) is 3.97. The third-order valence-electron chi connectivity index (χ3n) is 1.49. The number of hydrogen-bond donors (Lipinski definition) is 1. The Morgan fingerprint density at radius 2 is 2.14 bits per heavy atom. The topological polar surface area (TPSA) is 50.2 Å². The fourth-order valence-electron chi connectivity index (χ4n) is 0.845. The number of rotatable bonds is 2. The molecule has 0 amide bonds. The van der Waals surface area contributed by atoms with Crippen molar-refractivity contribution in [2.45, 2.75) is 12.8 Å². The second-order valence-corrected chi connectivity index (χ2v) is 3.14. The van der Waals surface area contributed by atoms with E-state index in [2.05, 4.69) is 4.98 Å². The molecule has 0 atom stereocenters. The average Bonchev–Trinajstić information content (AvgIpc) is 2.01. The fourth-order valence-corrected chi connectivity index (χ4v) is 1.05. The van der Waals surface area contributed by atoms with Crippen molar-refractivity contribution >= 4 is 17.6 Å². The lowest BCUT2D eigenvalue weighted by atomic mass is 10.2. The molecule has 0 aliphatic heterocycles. The SMILES string of the molecule is CC(F)(F)c1cc(C(=O)O)cc(Cl)n1. The van der Waals surface area contributed by atoms with E-state index in [-0.39, 0.29) is 10.7 Å². The van der Waals surface area contributed by atoms with Crippen LogP contribution in [0.4, 0.5) is 8.78 Å². The van der Waals surface area contributed by atoms with Gasteiger partial charge in [-0.2, -0.15) is 8.78 Å². The number of carbonyl (C=O) groups is 1. The summed E-state index contributed by atoms with van der Waals surface area (Å²) in [6, 6.07) is 1.81. The molecule has 0 bridgehead atoms. The molecule has 14 heavy (non-hydrogen) atoms. The predicted molar refractivity (Wildman–Crippen MR) is 45.8 cm³/mol. The van der Waals surface area contributed by atoms with Crippen molar-refractivity contribution in [3.8, 4) is 0 Å². The largest absolute Gasteiger partial charge is 0.478 e. The van der Waals surface area contributed by atoms with Gasteiger partial charge in [-0.25, -0.2) is 9.78 Å². The number of carboxylic acid groups (broad SMARTS) is 1. The van der Waals surface area contributed by atoms with Crippen LogP contribution in [0.1, 0.15) is 23.0 Å². The highest BCUT2D eigenvalue weighted by Crippen LogP contribution is 2.27. The Bertz CT molecular complexity index is 376. The van der Waals surface area contributed by atoms with Gasteiger partial charge in [0, 0.05) is 6.92 Å². The van der Waals surface area contributed by atoms with Crippen LogP contribution in [0.25, 0.3) is 0 Å². The summed E-state index contributed by atoms with van der Waals surface area (Å²) >= 11 is 5.39. The summed E-state index contributed by atoms with van der Waals surface area (Å²) in [6.07, 6.45) is 0. The molecule has 0 unspecified atom stereocenters. The Balaban J connectivity index is 3.28. The molecule has 0 radical (unpaired) electrons. The predicted octanol–water partition coefficient (Wildman–Crippen LogP) is 2.54. The Labute approximate surface area is 83.3 Å². The molecular formula is C8H6ClF2NO2. The molecule has 0 aliphatic rings. The van der Waals surface area contributed by atoms with Gasteiger partial charge in [-0.3, -0.25) is 0 Å². The van der Waals surface area contributed by atoms with Crippen LogP contribution in [0.3, 0.4) is 0 Å². The van der Waals surface area contributed by atoms with Gasteiger partial charge < -0.3 is 5.11 Å². The van der Waals surface area contributed by atoms with Crippen LogP contribution in [-0.4, -0.2) is 16.1 Å². The van der Waals surface area contributed by atoms with Crippen molar-refractivity contribution in [1.29, 1.82) is 0 Å². The van der Waals surface area contributed by atoms with Gasteiger partial charge in [-0.05, 0) is 12.1 Å². The van der Waals surface area contributed by atoms with Gasteiger partial charge >= 0.3 is 5.97 Å². The van der Waals surface area contributed by atoms with Gasteiger partial charge in [-0.15, -0.1) is 0 Å². The van der Waals surface area contributed by atoms with Gasteiger partial charge in [-0.1, -0.05) is 11.6 Å². The van der Waals surface area contributed by atoms with Crippen LogP contribution in [0, 0.1) is 0 Å². The number of pyridine rings is 1. The molecule has 0 saturated heterocycles. The van der Waals surface area contributed by atoms with E-state index in [1.165, 1.54) is 0 Å². The molecule has 0 fully saturated rings. The van der Waals surface area contributed by atoms with Crippen LogP contribution in [-0.2, 0) is 5.92 Å². The summed E-state index contributed by atoms with van der Waals surface area (Å²) in [5.74, 6) is -4.52. The van der Waals surface area contributed by atoms with Crippen molar-refractivity contribution in [3.05, 3.63) is 28.5 Å². The average molecular weight is 222 g/mol. The molecule has 0 spiro atoms. The third kappa shape index (κ3) is 2.38. The van der Waals surface area contributed by atoms with E-state index < -0.39 is 17.6 Å². The molecule has 1 aromatic rings. The maximum absolute atomic E-state index is 12.8. The molecule has 0 aromatic carbocycles. The summed E-state index contributed by atoms with van der Waals surface area (Å²) in [5, 5.41) is 8.31. The van der Waals surface area contributed by atoms with Crippen molar-refractivity contribution in [3.63, 3.8) is 0 Å². The van der Waals surface area contributed by atoms with Crippen molar-refractivity contribution < 1.29 is 18.7 Å². The van der Waals surface area contributed by atoms with Gasteiger partial charge in [0.05, 0.1) is 5.56 Å². The van der Waals surface area contributed by atoms with E-state index in [1.54, 1.807) is 0 Å². The second-order valence-electron chi connectivity index (χ2n) is 2.76. The van der Waals surface area contributed by atoms with Gasteiger partial charge in [0.2, 0.25) is 0 Å². The maximum atomic E-state index is 12.8. The first kappa shape index (κ1) is 10.8. The molecule has 1 N–H and O–H groups in total. The Morgan fingerprint density at radius 1 is 1.57 bits per heavy atom. The van der Waals surface area contributed by atoms with E-state index in [0.29, 0.717) is 6.92 Å². The summed E-state index contributed by atoms with van der Waals surface area (Å²) < 4.78 is 25.5. The molecule has 1 heterocycles. The number of aromatic carboxylic acids is 1. The Morgan fingerprint density at radius 3 is 2.57 bits per heavy atom. The highest BCUT2D eigenvalue weighted by atomic mass is 35.5. The minimum Gasteiger partial charge on any atom is -0.478 e. The third-order valence-corrected chi connectivity index (χ3v) is 1.68. The van der Waals surface area contributed by atoms with Gasteiger partial charge in [0.15, 0.2) is 0 Å². The molecule has 6 heteroatoms. The molecule has 76 valence electrons. The van der Waals surface area contributed by atoms with Crippen molar-refractivity contribution in [1.82, 2.24) is 4.98 Å². The zero-order chi connectivity index (χ0) is 10.9. The number of alkyl halides is 2. The quantitative estimate of drug-likeness (QED) is 0.781. The van der Waals surface area contributed by atoms with E-state index in [0.717, 1.165) is 12.1 Å².